The van der Waals surface area contributed by atoms with Crippen LogP contribution in [-0.2, 0) is 9.59 Å². The lowest BCUT2D eigenvalue weighted by atomic mass is 9.96. The number of aromatic nitrogens is 1. The predicted octanol–water partition coefficient (Wildman–Crippen LogP) is 3.12. The van der Waals surface area contributed by atoms with E-state index in [1.54, 1.807) is 13.0 Å². The second-order valence-electron chi connectivity index (χ2n) is 7.10. The number of carbonyl (C=O) groups is 3. The zero-order chi connectivity index (χ0) is 23.3. The zero-order valence-electron chi connectivity index (χ0n) is 17.2. The number of nitrogens with zero attached hydrogens (tertiary/aromatic N) is 2. The fraction of sp³-hybridized carbons (Fsp3) is 0.400. The van der Waals surface area contributed by atoms with E-state index in [9.17, 15) is 23.2 Å². The fourth-order valence-electron chi connectivity index (χ4n) is 3.30. The molecule has 3 amide bonds. The van der Waals surface area contributed by atoms with Crippen LogP contribution in [0.15, 0.2) is 28.5 Å². The molecule has 1 aromatic carbocycles. The molecular weight excluding hydrogens is 462 g/mol. The summed E-state index contributed by atoms with van der Waals surface area (Å²) in [5.41, 5.74) is 5.88. The molecule has 1 fully saturated rings. The van der Waals surface area contributed by atoms with Gasteiger partial charge in [0.2, 0.25) is 11.8 Å². The van der Waals surface area contributed by atoms with Crippen LogP contribution in [0.5, 0.6) is 5.75 Å². The molecule has 2 heterocycles. The molecule has 12 heteroatoms. The van der Waals surface area contributed by atoms with Gasteiger partial charge in [-0.05, 0) is 31.9 Å². The van der Waals surface area contributed by atoms with Gasteiger partial charge in [-0.2, -0.15) is 8.78 Å². The Morgan fingerprint density at radius 3 is 2.84 bits per heavy atom. The van der Waals surface area contributed by atoms with Gasteiger partial charge in [0.15, 0.2) is 5.13 Å². The number of likely N-dealkylation sites (tertiary alicyclic amines) is 1. The average Bonchev–Trinajstić information content (AvgIpc) is 3.10. The van der Waals surface area contributed by atoms with Crippen molar-refractivity contribution in [2.24, 2.45) is 11.7 Å². The summed E-state index contributed by atoms with van der Waals surface area (Å²) in [6.07, 6.45) is 1.18. The highest BCUT2D eigenvalue weighted by Crippen LogP contribution is 2.32. The average molecular weight is 485 g/mol. The molecule has 2 aromatic rings. The first-order valence-electron chi connectivity index (χ1n) is 9.77. The number of halogens is 2. The summed E-state index contributed by atoms with van der Waals surface area (Å²) in [5.74, 6) is -1.73. The topological polar surface area (TPSA) is 115 Å². The Kier molecular flexibility index (Phi) is 8.02. The molecule has 0 bridgehead atoms. The maximum atomic E-state index is 12.9. The summed E-state index contributed by atoms with van der Waals surface area (Å²) in [6.45, 7) is -0.705. The van der Waals surface area contributed by atoms with Gasteiger partial charge in [-0.3, -0.25) is 14.4 Å². The minimum atomic E-state index is -3.04. The van der Waals surface area contributed by atoms with Gasteiger partial charge in [-0.1, -0.05) is 23.5 Å². The van der Waals surface area contributed by atoms with Gasteiger partial charge in [0.1, 0.15) is 5.75 Å². The van der Waals surface area contributed by atoms with Gasteiger partial charge >= 0.3 is 6.61 Å². The molecule has 8 nitrogen and oxygen atoms in total. The molecule has 32 heavy (non-hydrogen) atoms. The number of hydrogen-bond acceptors (Lipinski definition) is 7. The Hall–Kier alpha value is -2.73. The van der Waals surface area contributed by atoms with Gasteiger partial charge in [0.25, 0.3) is 5.91 Å². The van der Waals surface area contributed by atoms with E-state index in [4.69, 9.17) is 5.73 Å². The molecule has 0 aliphatic carbocycles. The molecule has 3 N–H and O–H groups in total. The van der Waals surface area contributed by atoms with E-state index in [0.29, 0.717) is 30.2 Å². The minimum Gasteiger partial charge on any atom is -0.434 e. The van der Waals surface area contributed by atoms with Gasteiger partial charge in [0.05, 0.1) is 27.1 Å². The van der Waals surface area contributed by atoms with Crippen LogP contribution < -0.4 is 15.8 Å². The number of benzene rings is 1. The van der Waals surface area contributed by atoms with Crippen molar-refractivity contribution < 1.29 is 27.9 Å². The predicted molar refractivity (Wildman–Crippen MR) is 117 cm³/mol. The van der Waals surface area contributed by atoms with Crippen LogP contribution >= 0.6 is 23.1 Å². The number of ether oxygens (including phenoxy) is 1. The zero-order valence-corrected chi connectivity index (χ0v) is 18.8. The summed E-state index contributed by atoms with van der Waals surface area (Å²) in [4.78, 5) is 42.5. The molecular formula is C20H22F2N4O4S2. The number of para-hydroxylation sites is 1. The van der Waals surface area contributed by atoms with Gasteiger partial charge in [-0.25, -0.2) is 4.98 Å². The van der Waals surface area contributed by atoms with Crippen LogP contribution in [-0.4, -0.2) is 53.1 Å². The maximum Gasteiger partial charge on any atom is 0.387 e. The largest absolute Gasteiger partial charge is 0.434 e. The van der Waals surface area contributed by atoms with Crippen molar-refractivity contribution in [1.82, 2.24) is 9.88 Å². The third-order valence-corrected chi connectivity index (χ3v) is 7.20. The number of nitrogens with one attached hydrogen (secondary N) is 1. The summed E-state index contributed by atoms with van der Waals surface area (Å²) >= 11 is 2.51. The van der Waals surface area contributed by atoms with E-state index < -0.39 is 24.3 Å². The van der Waals surface area contributed by atoms with Crippen LogP contribution in [0, 0.1) is 12.8 Å². The van der Waals surface area contributed by atoms with Gasteiger partial charge < -0.3 is 20.7 Å². The van der Waals surface area contributed by atoms with Crippen molar-refractivity contribution in [2.45, 2.75) is 30.6 Å². The van der Waals surface area contributed by atoms with Gasteiger partial charge in [0, 0.05) is 13.1 Å². The van der Waals surface area contributed by atoms with Gasteiger partial charge in [-0.15, -0.1) is 11.8 Å². The quantitative estimate of drug-likeness (QED) is 0.557. The fourth-order valence-corrected chi connectivity index (χ4v) is 5.18. The second kappa shape index (κ2) is 10.7. The number of rotatable bonds is 8. The molecule has 0 spiro atoms. The number of piperidine rings is 1. The SMILES string of the molecule is Cc1nc(NC(=O)C2CCCN(C(=O)c3ccccc3OC(F)F)C2)sc1SCC(N)=O. The van der Waals surface area contributed by atoms with E-state index in [1.165, 1.54) is 46.2 Å². The van der Waals surface area contributed by atoms with Crippen LogP contribution in [0.25, 0.3) is 0 Å². The van der Waals surface area contributed by atoms with Crippen LogP contribution in [0.2, 0.25) is 0 Å². The number of carbonyl (C=O) groups excluding carboxylic acids is 3. The molecule has 1 saturated heterocycles. The van der Waals surface area contributed by atoms with E-state index in [2.05, 4.69) is 15.0 Å². The standard InChI is InChI=1S/C20H22F2N4O4S2/c1-11-18(31-10-15(23)27)32-20(24-11)25-16(28)12-5-4-8-26(9-12)17(29)13-6-2-3-7-14(13)30-19(21)22/h2-3,6-7,12,19H,4-5,8-10H2,1H3,(H2,23,27)(H,24,25,28). The van der Waals surface area contributed by atoms with E-state index >= 15 is 0 Å². The summed E-state index contributed by atoms with van der Waals surface area (Å²) in [6, 6.07) is 5.81. The van der Waals surface area contributed by atoms with Crippen molar-refractivity contribution in [3.05, 3.63) is 35.5 Å². The van der Waals surface area contributed by atoms with Crippen LogP contribution in [0.3, 0.4) is 0 Å². The Labute approximate surface area is 191 Å². The maximum absolute atomic E-state index is 12.9. The van der Waals surface area contributed by atoms with Crippen molar-refractivity contribution in [2.75, 3.05) is 24.2 Å². The third-order valence-electron chi connectivity index (χ3n) is 4.74. The number of thiazole rings is 1. The van der Waals surface area contributed by atoms with Crippen molar-refractivity contribution >= 4 is 46.0 Å². The number of thioether (sulfide) groups is 1. The second-order valence-corrected chi connectivity index (χ2v) is 9.34. The molecule has 1 atom stereocenters. The Balaban J connectivity index is 1.65. The number of anilines is 1. The molecule has 1 aromatic heterocycles. The lowest BCUT2D eigenvalue weighted by molar-refractivity contribution is -0.121. The van der Waals surface area contributed by atoms with E-state index in [0.717, 1.165) is 4.21 Å². The highest BCUT2D eigenvalue weighted by Gasteiger charge is 2.31. The van der Waals surface area contributed by atoms with E-state index in [1.807, 2.05) is 0 Å². The normalized spacial score (nSPS) is 16.1. The minimum absolute atomic E-state index is 0.0283. The van der Waals surface area contributed by atoms with Crippen LogP contribution in [0.1, 0.15) is 28.9 Å². The summed E-state index contributed by atoms with van der Waals surface area (Å²) < 4.78 is 30.6. The first-order valence-corrected chi connectivity index (χ1v) is 11.6. The number of alkyl halides is 2. The van der Waals surface area contributed by atoms with Crippen molar-refractivity contribution in [3.63, 3.8) is 0 Å². The lowest BCUT2D eigenvalue weighted by Gasteiger charge is -2.32. The Bertz CT molecular complexity index is 1000. The third kappa shape index (κ3) is 6.16. The van der Waals surface area contributed by atoms with Crippen LogP contribution in [0.4, 0.5) is 13.9 Å². The molecule has 1 aliphatic rings. The molecule has 1 aliphatic heterocycles. The number of hydrogen-bond donors (Lipinski definition) is 2. The number of primary amides is 1. The highest BCUT2D eigenvalue weighted by molar-refractivity contribution is 8.01. The lowest BCUT2D eigenvalue weighted by Crippen LogP contribution is -2.43. The molecule has 3 rings (SSSR count). The smallest absolute Gasteiger partial charge is 0.387 e. The van der Waals surface area contributed by atoms with Crippen molar-refractivity contribution in [1.29, 1.82) is 0 Å². The first kappa shape index (κ1) is 23.9. The summed E-state index contributed by atoms with van der Waals surface area (Å²) in [5, 5.41) is 3.18. The summed E-state index contributed by atoms with van der Waals surface area (Å²) in [7, 11) is 0. The molecule has 1 unspecified atom stereocenters. The molecule has 0 radical (unpaired) electrons. The number of nitrogens with two attached hydrogens (primary N) is 1. The number of amides is 3. The molecule has 172 valence electrons. The Morgan fingerprint density at radius 2 is 2.12 bits per heavy atom. The Morgan fingerprint density at radius 1 is 1.38 bits per heavy atom. The first-order chi connectivity index (χ1) is 15.2. The monoisotopic (exact) mass is 484 g/mol. The van der Waals surface area contributed by atoms with Crippen molar-refractivity contribution in [3.8, 4) is 5.75 Å². The number of aryl methyl sites for hydroxylation is 1. The van der Waals surface area contributed by atoms with E-state index in [-0.39, 0.29) is 29.5 Å². The molecule has 0 saturated carbocycles. The highest BCUT2D eigenvalue weighted by atomic mass is 32.2.